The molecule has 4 rings (SSSR count). The molecule has 10 heteroatoms. The average Bonchev–Trinajstić information content (AvgIpc) is 3.41. The lowest BCUT2D eigenvalue weighted by atomic mass is 10.0. The predicted octanol–water partition coefficient (Wildman–Crippen LogP) is 2.08. The number of fused-ring (bicyclic) bond motifs is 1. The Balaban J connectivity index is 1.90. The van der Waals surface area contributed by atoms with E-state index in [4.69, 9.17) is 0 Å². The molecule has 27 heavy (non-hydrogen) atoms. The third kappa shape index (κ3) is 2.67. The van der Waals surface area contributed by atoms with Crippen LogP contribution < -0.4 is 0 Å². The van der Waals surface area contributed by atoms with Gasteiger partial charge >= 0.3 is 0 Å². The van der Waals surface area contributed by atoms with E-state index in [1.165, 1.54) is 25.3 Å². The zero-order valence-corrected chi connectivity index (χ0v) is 15.2. The first-order valence-electron chi connectivity index (χ1n) is 8.41. The van der Waals surface area contributed by atoms with E-state index in [9.17, 15) is 23.3 Å². The molecular formula is C17H16N4O5S. The molecule has 0 aliphatic heterocycles. The van der Waals surface area contributed by atoms with Crippen molar-refractivity contribution in [2.45, 2.75) is 30.9 Å². The number of ketones is 1. The van der Waals surface area contributed by atoms with Crippen molar-refractivity contribution in [1.82, 2.24) is 14.2 Å². The minimum atomic E-state index is -4.21. The standard InChI is InChI=1S/C17H16N4O5S/c1-17(8-2-4-12(10-17)21(23)24)27(25,26)20-16-13(5-3-9-18-16)14(19-20)15(22)11-6-7-11/h2-5,9-11H,6-8H2,1H3. The first-order valence-corrected chi connectivity index (χ1v) is 9.85. The molecule has 9 nitrogen and oxygen atoms in total. The molecule has 140 valence electrons. The zero-order chi connectivity index (χ0) is 19.4. The van der Waals surface area contributed by atoms with Crippen LogP contribution in [-0.4, -0.2) is 38.0 Å². The van der Waals surface area contributed by atoms with Gasteiger partial charge in [0.1, 0.15) is 10.4 Å². The molecule has 0 amide bonds. The lowest BCUT2D eigenvalue weighted by molar-refractivity contribution is -0.419. The second-order valence-electron chi connectivity index (χ2n) is 6.96. The number of pyridine rings is 1. The third-order valence-electron chi connectivity index (χ3n) is 4.89. The number of carbonyl (C=O) groups excluding carboxylic acids is 1. The van der Waals surface area contributed by atoms with Gasteiger partial charge in [-0.25, -0.2) is 13.4 Å². The molecule has 2 aromatic heterocycles. The number of allylic oxidation sites excluding steroid dienone is 2. The Kier molecular flexibility index (Phi) is 3.77. The Labute approximate surface area is 154 Å². The molecule has 1 atom stereocenters. The van der Waals surface area contributed by atoms with Crippen LogP contribution in [0, 0.1) is 16.0 Å². The maximum atomic E-state index is 13.4. The fraction of sp³-hybridized carbons (Fsp3) is 0.353. The zero-order valence-electron chi connectivity index (χ0n) is 14.4. The van der Waals surface area contributed by atoms with E-state index in [1.54, 1.807) is 12.1 Å². The fourth-order valence-corrected chi connectivity index (χ4v) is 4.67. The largest absolute Gasteiger partial charge is 0.292 e. The van der Waals surface area contributed by atoms with Crippen LogP contribution >= 0.6 is 0 Å². The molecule has 0 N–H and O–H groups in total. The monoisotopic (exact) mass is 388 g/mol. The van der Waals surface area contributed by atoms with E-state index in [2.05, 4.69) is 10.1 Å². The van der Waals surface area contributed by atoms with Gasteiger partial charge in [0.15, 0.2) is 11.4 Å². The summed E-state index contributed by atoms with van der Waals surface area (Å²) in [5, 5.41) is 15.6. The van der Waals surface area contributed by atoms with Crippen LogP contribution in [0.3, 0.4) is 0 Å². The Morgan fingerprint density at radius 2 is 2.15 bits per heavy atom. The van der Waals surface area contributed by atoms with Gasteiger partial charge in [-0.2, -0.15) is 5.10 Å². The molecule has 0 bridgehead atoms. The van der Waals surface area contributed by atoms with Crippen LogP contribution in [-0.2, 0) is 10.0 Å². The molecule has 0 spiro atoms. The van der Waals surface area contributed by atoms with E-state index in [0.29, 0.717) is 5.39 Å². The normalized spacial score (nSPS) is 22.6. The van der Waals surface area contributed by atoms with Crippen LogP contribution in [0.25, 0.3) is 11.0 Å². The Hall–Kier alpha value is -2.88. The predicted molar refractivity (Wildman–Crippen MR) is 96.1 cm³/mol. The van der Waals surface area contributed by atoms with Crippen molar-refractivity contribution in [2.75, 3.05) is 0 Å². The smallest absolute Gasteiger partial charge is 0.266 e. The summed E-state index contributed by atoms with van der Waals surface area (Å²) < 4.78 is 25.9. The number of nitrogens with zero attached hydrogens (tertiary/aromatic N) is 4. The highest BCUT2D eigenvalue weighted by molar-refractivity contribution is 7.91. The summed E-state index contributed by atoms with van der Waals surface area (Å²) in [6.45, 7) is 1.40. The van der Waals surface area contributed by atoms with Crippen molar-refractivity contribution in [3.05, 3.63) is 58.1 Å². The van der Waals surface area contributed by atoms with Crippen molar-refractivity contribution < 1.29 is 18.1 Å². The number of aromatic nitrogens is 3. The minimum Gasteiger partial charge on any atom is -0.292 e. The lowest BCUT2D eigenvalue weighted by Crippen LogP contribution is -2.39. The van der Waals surface area contributed by atoms with E-state index < -0.39 is 19.7 Å². The Morgan fingerprint density at radius 3 is 2.81 bits per heavy atom. The van der Waals surface area contributed by atoms with Gasteiger partial charge in [-0.3, -0.25) is 14.9 Å². The first-order chi connectivity index (χ1) is 12.7. The molecular weight excluding hydrogens is 372 g/mol. The van der Waals surface area contributed by atoms with Gasteiger partial charge in [0.25, 0.3) is 15.7 Å². The second-order valence-corrected chi connectivity index (χ2v) is 9.18. The summed E-state index contributed by atoms with van der Waals surface area (Å²) in [4.78, 5) is 27.1. The Morgan fingerprint density at radius 1 is 1.41 bits per heavy atom. The maximum Gasteiger partial charge on any atom is 0.266 e. The van der Waals surface area contributed by atoms with E-state index in [-0.39, 0.29) is 35.2 Å². The molecule has 1 unspecified atom stereocenters. The highest BCUT2D eigenvalue weighted by Gasteiger charge is 2.44. The Bertz CT molecular complexity index is 1140. The molecule has 1 fully saturated rings. The number of rotatable bonds is 5. The molecule has 2 heterocycles. The summed E-state index contributed by atoms with van der Waals surface area (Å²) in [5.41, 5.74) is -0.169. The number of nitro groups is 1. The average molecular weight is 388 g/mol. The summed E-state index contributed by atoms with van der Waals surface area (Å²) in [7, 11) is -4.21. The summed E-state index contributed by atoms with van der Waals surface area (Å²) in [6, 6.07) is 3.22. The van der Waals surface area contributed by atoms with Crippen molar-refractivity contribution in [1.29, 1.82) is 0 Å². The van der Waals surface area contributed by atoms with Crippen LogP contribution in [0.1, 0.15) is 36.7 Å². The highest BCUT2D eigenvalue weighted by Crippen LogP contribution is 2.36. The number of Topliss-reactive ketones (excluding diaryl/α,β-unsaturated/α-hetero) is 1. The number of carbonyl (C=O) groups is 1. The number of hydrogen-bond donors (Lipinski definition) is 0. The van der Waals surface area contributed by atoms with Gasteiger partial charge in [-0.1, -0.05) is 6.08 Å². The van der Waals surface area contributed by atoms with Gasteiger partial charge < -0.3 is 0 Å². The summed E-state index contributed by atoms with van der Waals surface area (Å²) in [5.74, 6) is -0.328. The second kappa shape index (κ2) is 5.81. The summed E-state index contributed by atoms with van der Waals surface area (Å²) >= 11 is 0. The third-order valence-corrected chi connectivity index (χ3v) is 7.06. The van der Waals surface area contributed by atoms with E-state index >= 15 is 0 Å². The van der Waals surface area contributed by atoms with Gasteiger partial charge in [0, 0.05) is 24.3 Å². The molecule has 1 saturated carbocycles. The first kappa shape index (κ1) is 17.5. The fourth-order valence-electron chi connectivity index (χ4n) is 3.14. The maximum absolute atomic E-state index is 13.4. The molecule has 2 aliphatic rings. The topological polar surface area (TPSA) is 125 Å². The van der Waals surface area contributed by atoms with Gasteiger partial charge in [0.2, 0.25) is 0 Å². The van der Waals surface area contributed by atoms with Crippen molar-refractivity contribution >= 4 is 26.8 Å². The lowest BCUT2D eigenvalue weighted by Gasteiger charge is -2.25. The van der Waals surface area contributed by atoms with Crippen LogP contribution in [0.4, 0.5) is 0 Å². The molecule has 2 aliphatic carbocycles. The van der Waals surface area contributed by atoms with Gasteiger partial charge in [-0.05, 0) is 38.3 Å². The highest BCUT2D eigenvalue weighted by atomic mass is 32.2. The molecule has 0 radical (unpaired) electrons. The van der Waals surface area contributed by atoms with E-state index in [0.717, 1.165) is 23.0 Å². The van der Waals surface area contributed by atoms with Crippen LogP contribution in [0.5, 0.6) is 0 Å². The molecule has 2 aromatic rings. The van der Waals surface area contributed by atoms with Crippen molar-refractivity contribution in [3.8, 4) is 0 Å². The van der Waals surface area contributed by atoms with Crippen LogP contribution in [0.2, 0.25) is 0 Å². The summed E-state index contributed by atoms with van der Waals surface area (Å²) in [6.07, 6.45) is 6.83. The quantitative estimate of drug-likeness (QED) is 0.436. The van der Waals surface area contributed by atoms with E-state index in [1.807, 2.05) is 0 Å². The van der Waals surface area contributed by atoms with Gasteiger partial charge in [-0.15, -0.1) is 4.09 Å². The molecule has 0 aromatic carbocycles. The molecule has 0 saturated heterocycles. The van der Waals surface area contributed by atoms with Crippen molar-refractivity contribution in [3.63, 3.8) is 0 Å². The van der Waals surface area contributed by atoms with Crippen molar-refractivity contribution in [2.24, 2.45) is 5.92 Å². The SMILES string of the molecule is CC1(S(=O)(=O)n2nc(C(=O)C3CC3)c3cccnc32)C=C([N+](=O)[O-])C=CC1. The minimum absolute atomic E-state index is 0.0484. The van der Waals surface area contributed by atoms with Crippen LogP contribution in [0.15, 0.2) is 42.3 Å². The number of hydrogen-bond acceptors (Lipinski definition) is 7. The van der Waals surface area contributed by atoms with Gasteiger partial charge in [0.05, 0.1) is 10.3 Å².